The van der Waals surface area contributed by atoms with Crippen molar-refractivity contribution in [2.75, 3.05) is 12.4 Å². The number of fused-ring (bicyclic) bond motifs is 1. The Kier molecular flexibility index (Phi) is 4.62. The lowest BCUT2D eigenvalue weighted by molar-refractivity contribution is 0.0602. The number of hydrogen-bond acceptors (Lipinski definition) is 7. The molecule has 0 aliphatic rings. The Morgan fingerprint density at radius 3 is 2.71 bits per heavy atom. The Bertz CT molecular complexity index is 1180. The number of ether oxygens (including phenoxy) is 1. The average molecular weight is 393 g/mol. The van der Waals surface area contributed by atoms with E-state index in [1.165, 1.54) is 18.4 Å². The number of carbonyl (C=O) groups excluding carboxylic acids is 2. The van der Waals surface area contributed by atoms with E-state index < -0.39 is 11.9 Å². The number of rotatable bonds is 4. The van der Waals surface area contributed by atoms with Crippen LogP contribution in [-0.2, 0) is 4.74 Å². The lowest BCUT2D eigenvalue weighted by Gasteiger charge is -2.11. The molecule has 0 unspecified atom stereocenters. The Labute approximate surface area is 163 Å². The topological polar surface area (TPSA) is 94.3 Å². The predicted octanol–water partition coefficient (Wildman–Crippen LogP) is 4.30. The van der Waals surface area contributed by atoms with Gasteiger partial charge in [-0.15, -0.1) is 11.3 Å². The minimum absolute atomic E-state index is 0.268. The number of hydrogen-bond donors (Lipinski definition) is 1. The van der Waals surface area contributed by atoms with Crippen LogP contribution in [0.5, 0.6) is 0 Å². The fourth-order valence-corrected chi connectivity index (χ4v) is 3.58. The molecule has 1 amide bonds. The first kappa shape index (κ1) is 17.9. The van der Waals surface area contributed by atoms with Gasteiger partial charge in [0.25, 0.3) is 11.6 Å². The predicted molar refractivity (Wildman–Crippen MR) is 106 cm³/mol. The van der Waals surface area contributed by atoms with Crippen LogP contribution in [0.25, 0.3) is 21.7 Å². The summed E-state index contributed by atoms with van der Waals surface area (Å²) in [5.41, 5.74) is 2.46. The van der Waals surface area contributed by atoms with Crippen molar-refractivity contribution in [2.45, 2.75) is 6.92 Å². The van der Waals surface area contributed by atoms with Gasteiger partial charge in [0.2, 0.25) is 0 Å². The molecule has 0 spiro atoms. The van der Waals surface area contributed by atoms with Crippen molar-refractivity contribution in [3.8, 4) is 10.6 Å². The maximum Gasteiger partial charge on any atom is 0.339 e. The van der Waals surface area contributed by atoms with Gasteiger partial charge in [-0.2, -0.15) is 0 Å². The standard InChI is InChI=1S/C20H15N3O4S/c1-11-17-13(10-15(16-8-5-9-28-16)22-19(17)27-23-11)18(24)21-14-7-4-3-6-12(14)20(25)26-2/h3-10H,1-2H3,(H,21,24). The number of amides is 1. The number of carbonyl (C=O) groups is 2. The lowest BCUT2D eigenvalue weighted by atomic mass is 10.1. The van der Waals surface area contributed by atoms with Crippen LogP contribution in [-0.4, -0.2) is 29.1 Å². The summed E-state index contributed by atoms with van der Waals surface area (Å²) in [6.45, 7) is 1.75. The van der Waals surface area contributed by atoms with E-state index in [0.29, 0.717) is 28.0 Å². The molecule has 0 radical (unpaired) electrons. The SMILES string of the molecule is COC(=O)c1ccccc1NC(=O)c1cc(-c2cccs2)nc2onc(C)c12. The largest absolute Gasteiger partial charge is 0.465 e. The molecule has 0 saturated carbocycles. The van der Waals surface area contributed by atoms with Crippen molar-refractivity contribution in [2.24, 2.45) is 0 Å². The van der Waals surface area contributed by atoms with Crippen molar-refractivity contribution in [3.63, 3.8) is 0 Å². The van der Waals surface area contributed by atoms with Gasteiger partial charge in [0.15, 0.2) is 0 Å². The van der Waals surface area contributed by atoms with Gasteiger partial charge in [0.1, 0.15) is 0 Å². The van der Waals surface area contributed by atoms with Crippen LogP contribution in [0.1, 0.15) is 26.4 Å². The van der Waals surface area contributed by atoms with Crippen molar-refractivity contribution >= 4 is 40.0 Å². The second-order valence-electron chi connectivity index (χ2n) is 5.97. The molecule has 0 fully saturated rings. The molecule has 4 rings (SSSR count). The van der Waals surface area contributed by atoms with E-state index in [-0.39, 0.29) is 11.3 Å². The Hall–Kier alpha value is -3.52. The molecular weight excluding hydrogens is 378 g/mol. The van der Waals surface area contributed by atoms with Gasteiger partial charge >= 0.3 is 5.97 Å². The van der Waals surface area contributed by atoms with Crippen molar-refractivity contribution in [3.05, 3.63) is 64.7 Å². The van der Waals surface area contributed by atoms with Crippen molar-refractivity contribution < 1.29 is 18.8 Å². The van der Waals surface area contributed by atoms with Crippen LogP contribution in [0.3, 0.4) is 0 Å². The number of nitrogens with one attached hydrogen (secondary N) is 1. The van der Waals surface area contributed by atoms with Gasteiger partial charge in [-0.25, -0.2) is 9.78 Å². The van der Waals surface area contributed by atoms with Crippen LogP contribution >= 0.6 is 11.3 Å². The van der Waals surface area contributed by atoms with E-state index in [2.05, 4.69) is 15.5 Å². The highest BCUT2D eigenvalue weighted by atomic mass is 32.1. The number of nitrogens with zero attached hydrogens (tertiary/aromatic N) is 2. The van der Waals surface area contributed by atoms with Crippen LogP contribution in [0, 0.1) is 6.92 Å². The smallest absolute Gasteiger partial charge is 0.339 e. The van der Waals surface area contributed by atoms with Gasteiger partial charge in [-0.1, -0.05) is 23.4 Å². The zero-order chi connectivity index (χ0) is 19.7. The Morgan fingerprint density at radius 1 is 1.14 bits per heavy atom. The van der Waals surface area contributed by atoms with Gasteiger partial charge in [0.05, 0.1) is 45.6 Å². The first-order valence-electron chi connectivity index (χ1n) is 8.38. The summed E-state index contributed by atoms with van der Waals surface area (Å²) < 4.78 is 10.1. The van der Waals surface area contributed by atoms with Crippen molar-refractivity contribution in [1.82, 2.24) is 10.1 Å². The number of benzene rings is 1. The number of pyridine rings is 1. The average Bonchev–Trinajstić information content (AvgIpc) is 3.37. The van der Waals surface area contributed by atoms with E-state index in [1.807, 2.05) is 17.5 Å². The molecule has 0 saturated heterocycles. The van der Waals surface area contributed by atoms with Gasteiger partial charge in [-0.05, 0) is 36.6 Å². The number of aromatic nitrogens is 2. The highest BCUT2D eigenvalue weighted by molar-refractivity contribution is 7.13. The van der Waals surface area contributed by atoms with Gasteiger partial charge < -0.3 is 14.6 Å². The Balaban J connectivity index is 1.80. The van der Waals surface area contributed by atoms with E-state index in [1.54, 1.807) is 37.3 Å². The van der Waals surface area contributed by atoms with Gasteiger partial charge in [0, 0.05) is 0 Å². The third-order valence-electron chi connectivity index (χ3n) is 4.22. The first-order chi connectivity index (χ1) is 13.6. The zero-order valence-electron chi connectivity index (χ0n) is 15.1. The summed E-state index contributed by atoms with van der Waals surface area (Å²) in [6, 6.07) is 12.2. The van der Waals surface area contributed by atoms with Crippen LogP contribution in [0.2, 0.25) is 0 Å². The summed E-state index contributed by atoms with van der Waals surface area (Å²) >= 11 is 1.51. The fraction of sp³-hybridized carbons (Fsp3) is 0.100. The molecule has 3 aromatic heterocycles. The highest BCUT2D eigenvalue weighted by Gasteiger charge is 2.21. The molecule has 8 heteroatoms. The Morgan fingerprint density at radius 2 is 1.96 bits per heavy atom. The quantitative estimate of drug-likeness (QED) is 0.520. The minimum Gasteiger partial charge on any atom is -0.465 e. The molecule has 7 nitrogen and oxygen atoms in total. The van der Waals surface area contributed by atoms with Crippen LogP contribution in [0.15, 0.2) is 52.4 Å². The molecule has 140 valence electrons. The number of aryl methyl sites for hydroxylation is 1. The maximum atomic E-state index is 13.1. The first-order valence-corrected chi connectivity index (χ1v) is 9.26. The maximum absolute atomic E-state index is 13.1. The molecule has 0 atom stereocenters. The van der Waals surface area contributed by atoms with E-state index in [9.17, 15) is 9.59 Å². The summed E-state index contributed by atoms with van der Waals surface area (Å²) in [5, 5.41) is 9.19. The zero-order valence-corrected chi connectivity index (χ0v) is 15.9. The monoisotopic (exact) mass is 393 g/mol. The van der Waals surface area contributed by atoms with E-state index >= 15 is 0 Å². The molecule has 3 heterocycles. The third-order valence-corrected chi connectivity index (χ3v) is 5.11. The second-order valence-corrected chi connectivity index (χ2v) is 6.92. The second kappa shape index (κ2) is 7.24. The number of thiophene rings is 1. The fourth-order valence-electron chi connectivity index (χ4n) is 2.89. The number of anilines is 1. The third kappa shape index (κ3) is 3.14. The molecule has 4 aromatic rings. The molecule has 1 N–H and O–H groups in total. The number of esters is 1. The molecule has 0 aliphatic carbocycles. The molecule has 0 aliphatic heterocycles. The van der Waals surface area contributed by atoms with E-state index in [4.69, 9.17) is 9.26 Å². The summed E-state index contributed by atoms with van der Waals surface area (Å²) in [5.74, 6) is -0.927. The number of para-hydroxylation sites is 1. The molecule has 28 heavy (non-hydrogen) atoms. The molecular formula is C20H15N3O4S. The highest BCUT2D eigenvalue weighted by Crippen LogP contribution is 2.30. The van der Waals surface area contributed by atoms with Crippen molar-refractivity contribution in [1.29, 1.82) is 0 Å². The number of methoxy groups -OCH3 is 1. The van der Waals surface area contributed by atoms with E-state index in [0.717, 1.165) is 4.88 Å². The normalized spacial score (nSPS) is 10.8. The lowest BCUT2D eigenvalue weighted by Crippen LogP contribution is -2.16. The van der Waals surface area contributed by atoms with Gasteiger partial charge in [-0.3, -0.25) is 4.79 Å². The summed E-state index contributed by atoms with van der Waals surface area (Å²) in [7, 11) is 1.29. The minimum atomic E-state index is -0.531. The van der Waals surface area contributed by atoms with Crippen LogP contribution < -0.4 is 5.32 Å². The van der Waals surface area contributed by atoms with Crippen LogP contribution in [0.4, 0.5) is 5.69 Å². The summed E-state index contributed by atoms with van der Waals surface area (Å²) in [4.78, 5) is 30.5. The summed E-state index contributed by atoms with van der Waals surface area (Å²) in [6.07, 6.45) is 0. The molecule has 1 aromatic carbocycles. The molecule has 0 bridgehead atoms.